The summed E-state index contributed by atoms with van der Waals surface area (Å²) in [4.78, 5) is 19.8. The molecule has 1 atom stereocenters. The van der Waals surface area contributed by atoms with E-state index in [0.717, 1.165) is 68.6 Å². The first-order valence-corrected chi connectivity index (χ1v) is 10.7. The fourth-order valence-corrected chi connectivity index (χ4v) is 4.81. The lowest BCUT2D eigenvalue weighted by atomic mass is 9.93. The molecule has 3 rings (SSSR count). The summed E-state index contributed by atoms with van der Waals surface area (Å²) in [6, 6.07) is 0.500. The van der Waals surface area contributed by atoms with Crippen molar-refractivity contribution in [2.45, 2.75) is 65.5 Å². The van der Waals surface area contributed by atoms with Crippen molar-refractivity contribution in [2.75, 3.05) is 19.8 Å². The molecule has 0 saturated heterocycles. The van der Waals surface area contributed by atoms with Crippen molar-refractivity contribution in [1.29, 1.82) is 0 Å². The summed E-state index contributed by atoms with van der Waals surface area (Å²) in [7, 11) is 0. The molecule has 0 radical (unpaired) electrons. The van der Waals surface area contributed by atoms with E-state index in [2.05, 4.69) is 24.1 Å². The van der Waals surface area contributed by atoms with Gasteiger partial charge in [0.15, 0.2) is 0 Å². The molecule has 0 fully saturated rings. The fraction of sp³-hybridized carbons (Fsp3) is 0.700. The van der Waals surface area contributed by atoms with Gasteiger partial charge in [-0.2, -0.15) is 0 Å². The average Bonchev–Trinajstić information content (AvgIpc) is 2.99. The maximum atomic E-state index is 12.9. The number of aromatic nitrogens is 2. The normalized spacial score (nSPS) is 17.2. The minimum Gasteiger partial charge on any atom is -0.382 e. The summed E-state index contributed by atoms with van der Waals surface area (Å²) in [5, 5.41) is 4.53. The lowest BCUT2D eigenvalue weighted by Crippen LogP contribution is -2.35. The summed E-state index contributed by atoms with van der Waals surface area (Å²) < 4.78 is 7.19. The standard InChI is InChI=1S/C20H31N3O2S/c1-4-25-11-5-9-21-15-6-7-16-17(12-15)26-19-18(16)20(24)23(13-22-19)10-8-14(2)3/h13-15,21H,4-12H2,1-3H3/t15-/m0/s1. The van der Waals surface area contributed by atoms with Gasteiger partial charge in [-0.25, -0.2) is 4.98 Å². The predicted molar refractivity (Wildman–Crippen MR) is 108 cm³/mol. The van der Waals surface area contributed by atoms with Crippen LogP contribution in [-0.4, -0.2) is 35.4 Å². The molecular formula is C20H31N3O2S. The van der Waals surface area contributed by atoms with Crippen LogP contribution in [0.15, 0.2) is 11.1 Å². The van der Waals surface area contributed by atoms with Gasteiger partial charge in [0, 0.05) is 30.7 Å². The highest BCUT2D eigenvalue weighted by atomic mass is 32.1. The van der Waals surface area contributed by atoms with Gasteiger partial charge < -0.3 is 10.1 Å². The Hall–Kier alpha value is -1.24. The smallest absolute Gasteiger partial charge is 0.262 e. The first-order chi connectivity index (χ1) is 12.6. The van der Waals surface area contributed by atoms with Gasteiger partial charge in [0.25, 0.3) is 5.56 Å². The first-order valence-electron chi connectivity index (χ1n) is 9.91. The highest BCUT2D eigenvalue weighted by Crippen LogP contribution is 2.33. The molecule has 0 saturated carbocycles. The predicted octanol–water partition coefficient (Wildman–Crippen LogP) is 3.38. The van der Waals surface area contributed by atoms with E-state index in [1.165, 1.54) is 10.4 Å². The summed E-state index contributed by atoms with van der Waals surface area (Å²) in [5.74, 6) is 0.587. The largest absolute Gasteiger partial charge is 0.382 e. The number of thiophene rings is 1. The number of aryl methyl sites for hydroxylation is 2. The van der Waals surface area contributed by atoms with E-state index < -0.39 is 0 Å². The summed E-state index contributed by atoms with van der Waals surface area (Å²) in [6.45, 7) is 9.76. The molecule has 2 aromatic heterocycles. The van der Waals surface area contributed by atoms with Gasteiger partial charge in [0.2, 0.25) is 0 Å². The molecule has 0 unspecified atom stereocenters. The van der Waals surface area contributed by atoms with Gasteiger partial charge in [0.05, 0.1) is 11.7 Å². The van der Waals surface area contributed by atoms with E-state index in [-0.39, 0.29) is 5.56 Å². The van der Waals surface area contributed by atoms with E-state index in [0.29, 0.717) is 12.0 Å². The molecule has 144 valence electrons. The Balaban J connectivity index is 1.70. The fourth-order valence-electron chi connectivity index (χ4n) is 3.56. The molecular weight excluding hydrogens is 346 g/mol. The number of nitrogens with one attached hydrogen (secondary N) is 1. The van der Waals surface area contributed by atoms with Gasteiger partial charge in [-0.1, -0.05) is 13.8 Å². The maximum Gasteiger partial charge on any atom is 0.262 e. The lowest BCUT2D eigenvalue weighted by molar-refractivity contribution is 0.144. The molecule has 1 aliphatic carbocycles. The number of ether oxygens (including phenoxy) is 1. The lowest BCUT2D eigenvalue weighted by Gasteiger charge is -2.23. The molecule has 2 aromatic rings. The Morgan fingerprint density at radius 2 is 2.31 bits per heavy atom. The van der Waals surface area contributed by atoms with E-state index in [1.54, 1.807) is 22.2 Å². The zero-order valence-electron chi connectivity index (χ0n) is 16.2. The number of nitrogens with zero attached hydrogens (tertiary/aromatic N) is 2. The third-order valence-corrected chi connectivity index (χ3v) is 6.25. The zero-order valence-corrected chi connectivity index (χ0v) is 17.0. The van der Waals surface area contributed by atoms with E-state index in [9.17, 15) is 4.79 Å². The summed E-state index contributed by atoms with van der Waals surface area (Å²) >= 11 is 1.71. The highest BCUT2D eigenvalue weighted by Gasteiger charge is 2.24. The second kappa shape index (κ2) is 9.11. The third-order valence-electron chi connectivity index (χ3n) is 5.09. The van der Waals surface area contributed by atoms with Crippen molar-refractivity contribution >= 4 is 21.6 Å². The molecule has 0 bridgehead atoms. The Morgan fingerprint density at radius 1 is 1.46 bits per heavy atom. The van der Waals surface area contributed by atoms with Crippen molar-refractivity contribution in [2.24, 2.45) is 5.92 Å². The first kappa shape index (κ1) is 19.5. The molecule has 0 spiro atoms. The van der Waals surface area contributed by atoms with Crippen LogP contribution < -0.4 is 10.9 Å². The van der Waals surface area contributed by atoms with Gasteiger partial charge in [-0.05, 0) is 57.1 Å². The van der Waals surface area contributed by atoms with Gasteiger partial charge in [0.1, 0.15) is 4.83 Å². The number of hydrogen-bond donors (Lipinski definition) is 1. The van der Waals surface area contributed by atoms with Crippen LogP contribution in [0.3, 0.4) is 0 Å². The van der Waals surface area contributed by atoms with E-state index >= 15 is 0 Å². The molecule has 2 heterocycles. The number of rotatable bonds is 9. The van der Waals surface area contributed by atoms with E-state index in [1.807, 2.05) is 6.92 Å². The molecule has 0 amide bonds. The summed E-state index contributed by atoms with van der Waals surface area (Å²) in [6.07, 6.45) is 6.87. The van der Waals surface area contributed by atoms with Crippen LogP contribution in [-0.2, 0) is 24.1 Å². The second-order valence-corrected chi connectivity index (χ2v) is 8.64. The van der Waals surface area contributed by atoms with Crippen LogP contribution >= 0.6 is 11.3 Å². The van der Waals surface area contributed by atoms with Crippen LogP contribution in [0.1, 0.15) is 50.5 Å². The SMILES string of the molecule is CCOCCCN[C@H]1CCc2c(sc3ncn(CCC(C)C)c(=O)c23)C1. The minimum atomic E-state index is 0.149. The zero-order chi connectivity index (χ0) is 18.5. The van der Waals surface area contributed by atoms with Crippen molar-refractivity contribution in [3.8, 4) is 0 Å². The Bertz CT molecular complexity index is 781. The molecule has 26 heavy (non-hydrogen) atoms. The quantitative estimate of drug-likeness (QED) is 0.681. The van der Waals surface area contributed by atoms with E-state index in [4.69, 9.17) is 4.74 Å². The Kier molecular flexibility index (Phi) is 6.84. The molecule has 1 N–H and O–H groups in total. The molecule has 5 nitrogen and oxygen atoms in total. The third kappa shape index (κ3) is 4.53. The van der Waals surface area contributed by atoms with Crippen molar-refractivity contribution in [3.05, 3.63) is 27.1 Å². The number of fused-ring (bicyclic) bond motifs is 3. The van der Waals surface area contributed by atoms with Crippen LogP contribution in [0.2, 0.25) is 0 Å². The average molecular weight is 378 g/mol. The van der Waals surface area contributed by atoms with Gasteiger partial charge >= 0.3 is 0 Å². The molecule has 0 aromatic carbocycles. The number of hydrogen-bond acceptors (Lipinski definition) is 5. The topological polar surface area (TPSA) is 56.1 Å². The van der Waals surface area contributed by atoms with Crippen LogP contribution in [0.25, 0.3) is 10.2 Å². The van der Waals surface area contributed by atoms with Gasteiger partial charge in [-0.3, -0.25) is 9.36 Å². The van der Waals surface area contributed by atoms with Gasteiger partial charge in [-0.15, -0.1) is 11.3 Å². The molecule has 1 aliphatic rings. The van der Waals surface area contributed by atoms with Crippen molar-refractivity contribution < 1.29 is 4.74 Å². The Morgan fingerprint density at radius 3 is 3.08 bits per heavy atom. The second-order valence-electron chi connectivity index (χ2n) is 7.55. The highest BCUT2D eigenvalue weighted by molar-refractivity contribution is 7.18. The minimum absolute atomic E-state index is 0.149. The monoisotopic (exact) mass is 377 g/mol. The summed E-state index contributed by atoms with van der Waals surface area (Å²) in [5.41, 5.74) is 1.41. The molecule has 0 aliphatic heterocycles. The van der Waals surface area contributed by atoms with Crippen LogP contribution in [0.5, 0.6) is 0 Å². The molecule has 6 heteroatoms. The van der Waals surface area contributed by atoms with Crippen LogP contribution in [0.4, 0.5) is 0 Å². The maximum absolute atomic E-state index is 12.9. The Labute approximate surface area is 159 Å². The van der Waals surface area contributed by atoms with Crippen LogP contribution in [0, 0.1) is 5.92 Å². The van der Waals surface area contributed by atoms with Crippen molar-refractivity contribution in [1.82, 2.24) is 14.9 Å². The van der Waals surface area contributed by atoms with Crippen molar-refractivity contribution in [3.63, 3.8) is 0 Å².